The molecule has 1 spiro atoms. The molecule has 1 atom stereocenters. The number of methoxy groups -OCH3 is 1. The van der Waals surface area contributed by atoms with E-state index in [-0.39, 0.29) is 11.5 Å². The molecule has 2 saturated heterocycles. The van der Waals surface area contributed by atoms with Gasteiger partial charge in [0.1, 0.15) is 5.60 Å². The van der Waals surface area contributed by atoms with Crippen LogP contribution in [0.1, 0.15) is 26.7 Å². The highest BCUT2D eigenvalue weighted by atomic mass is 16.5. The average Bonchev–Trinajstić information content (AvgIpc) is 2.58. The Morgan fingerprint density at radius 2 is 2.24 bits per heavy atom. The lowest BCUT2D eigenvalue weighted by Crippen LogP contribution is -2.66. The SMILES string of the molecule is COCC1CCOC12CN(C(=O)CC(C)C)C2. The average molecular weight is 241 g/mol. The molecule has 4 heteroatoms. The molecule has 2 aliphatic rings. The molecule has 2 heterocycles. The Kier molecular flexibility index (Phi) is 3.73. The Bertz CT molecular complexity index is 284. The van der Waals surface area contributed by atoms with Gasteiger partial charge < -0.3 is 14.4 Å². The third-order valence-electron chi connectivity index (χ3n) is 3.82. The van der Waals surface area contributed by atoms with Crippen LogP contribution in [0.5, 0.6) is 0 Å². The van der Waals surface area contributed by atoms with E-state index < -0.39 is 0 Å². The minimum Gasteiger partial charge on any atom is -0.384 e. The summed E-state index contributed by atoms with van der Waals surface area (Å²) in [4.78, 5) is 13.8. The number of carbonyl (C=O) groups excluding carboxylic acids is 1. The molecule has 0 aliphatic carbocycles. The Hall–Kier alpha value is -0.610. The first-order valence-electron chi connectivity index (χ1n) is 6.48. The van der Waals surface area contributed by atoms with Crippen molar-refractivity contribution in [1.82, 2.24) is 4.90 Å². The van der Waals surface area contributed by atoms with Gasteiger partial charge in [-0.3, -0.25) is 4.79 Å². The Labute approximate surface area is 103 Å². The van der Waals surface area contributed by atoms with Crippen LogP contribution in [0, 0.1) is 11.8 Å². The van der Waals surface area contributed by atoms with Gasteiger partial charge in [0.25, 0.3) is 0 Å². The predicted molar refractivity (Wildman–Crippen MR) is 64.7 cm³/mol. The molecule has 98 valence electrons. The second-order valence-electron chi connectivity index (χ2n) is 5.70. The van der Waals surface area contributed by atoms with E-state index in [1.807, 2.05) is 4.90 Å². The minimum atomic E-state index is -0.0946. The molecule has 0 bridgehead atoms. The van der Waals surface area contributed by atoms with E-state index >= 15 is 0 Å². The Balaban J connectivity index is 1.86. The molecule has 1 unspecified atom stereocenters. The van der Waals surface area contributed by atoms with Crippen LogP contribution in [0.3, 0.4) is 0 Å². The van der Waals surface area contributed by atoms with Gasteiger partial charge in [0.2, 0.25) is 5.91 Å². The molecule has 4 nitrogen and oxygen atoms in total. The van der Waals surface area contributed by atoms with Gasteiger partial charge in [-0.15, -0.1) is 0 Å². The summed E-state index contributed by atoms with van der Waals surface area (Å²) in [5.41, 5.74) is -0.0946. The van der Waals surface area contributed by atoms with Gasteiger partial charge in [-0.1, -0.05) is 13.8 Å². The molecule has 1 amide bonds. The Morgan fingerprint density at radius 1 is 1.53 bits per heavy atom. The maximum atomic E-state index is 11.9. The topological polar surface area (TPSA) is 38.8 Å². The number of carbonyl (C=O) groups is 1. The lowest BCUT2D eigenvalue weighted by atomic mass is 9.81. The molecule has 0 aromatic rings. The molecule has 0 radical (unpaired) electrons. The quantitative estimate of drug-likeness (QED) is 0.744. The van der Waals surface area contributed by atoms with Gasteiger partial charge in [0, 0.05) is 26.1 Å². The number of hydrogen-bond acceptors (Lipinski definition) is 3. The van der Waals surface area contributed by atoms with Crippen molar-refractivity contribution >= 4 is 5.91 Å². The van der Waals surface area contributed by atoms with Crippen molar-refractivity contribution in [2.45, 2.75) is 32.3 Å². The number of ether oxygens (including phenoxy) is 2. The third-order valence-corrected chi connectivity index (χ3v) is 3.82. The Morgan fingerprint density at radius 3 is 2.82 bits per heavy atom. The van der Waals surface area contributed by atoms with Crippen LogP contribution >= 0.6 is 0 Å². The fourth-order valence-electron chi connectivity index (χ4n) is 2.83. The molecule has 0 saturated carbocycles. The van der Waals surface area contributed by atoms with E-state index in [0.717, 1.165) is 32.7 Å². The number of hydrogen-bond donors (Lipinski definition) is 0. The summed E-state index contributed by atoms with van der Waals surface area (Å²) in [7, 11) is 1.73. The van der Waals surface area contributed by atoms with E-state index in [1.54, 1.807) is 7.11 Å². The van der Waals surface area contributed by atoms with E-state index in [0.29, 0.717) is 18.3 Å². The molecule has 0 aromatic heterocycles. The zero-order valence-electron chi connectivity index (χ0n) is 11.1. The fourth-order valence-corrected chi connectivity index (χ4v) is 2.83. The number of nitrogens with zero attached hydrogens (tertiary/aromatic N) is 1. The van der Waals surface area contributed by atoms with Crippen molar-refractivity contribution in [3.05, 3.63) is 0 Å². The van der Waals surface area contributed by atoms with Gasteiger partial charge in [-0.2, -0.15) is 0 Å². The number of amides is 1. The van der Waals surface area contributed by atoms with Crippen molar-refractivity contribution in [3.63, 3.8) is 0 Å². The van der Waals surface area contributed by atoms with Crippen LogP contribution in [-0.2, 0) is 14.3 Å². The number of rotatable bonds is 4. The first-order valence-corrected chi connectivity index (χ1v) is 6.48. The summed E-state index contributed by atoms with van der Waals surface area (Å²) in [5.74, 6) is 1.14. The second kappa shape index (κ2) is 4.94. The summed E-state index contributed by atoms with van der Waals surface area (Å²) in [6.45, 7) is 7.21. The van der Waals surface area contributed by atoms with Gasteiger partial charge in [0.15, 0.2) is 0 Å². The van der Waals surface area contributed by atoms with Crippen LogP contribution in [0.25, 0.3) is 0 Å². The van der Waals surface area contributed by atoms with Crippen molar-refractivity contribution in [2.75, 3.05) is 33.4 Å². The summed E-state index contributed by atoms with van der Waals surface area (Å²) in [6, 6.07) is 0. The summed E-state index contributed by atoms with van der Waals surface area (Å²) in [5, 5.41) is 0. The number of likely N-dealkylation sites (tertiary alicyclic amines) is 1. The fraction of sp³-hybridized carbons (Fsp3) is 0.923. The normalized spacial score (nSPS) is 26.6. The molecule has 2 rings (SSSR count). The van der Waals surface area contributed by atoms with Crippen LogP contribution in [0.4, 0.5) is 0 Å². The molecular weight excluding hydrogens is 218 g/mol. The van der Waals surface area contributed by atoms with E-state index in [4.69, 9.17) is 9.47 Å². The van der Waals surface area contributed by atoms with E-state index in [2.05, 4.69) is 13.8 Å². The van der Waals surface area contributed by atoms with Gasteiger partial charge >= 0.3 is 0 Å². The molecular formula is C13H23NO3. The highest BCUT2D eigenvalue weighted by Gasteiger charge is 2.54. The van der Waals surface area contributed by atoms with Crippen molar-refractivity contribution in [3.8, 4) is 0 Å². The zero-order valence-corrected chi connectivity index (χ0v) is 11.1. The van der Waals surface area contributed by atoms with Crippen LogP contribution in [0.15, 0.2) is 0 Å². The highest BCUT2D eigenvalue weighted by molar-refractivity contribution is 5.77. The molecule has 2 aliphatic heterocycles. The summed E-state index contributed by atoms with van der Waals surface area (Å²) in [6.07, 6.45) is 1.70. The van der Waals surface area contributed by atoms with E-state index in [1.165, 1.54) is 0 Å². The summed E-state index contributed by atoms with van der Waals surface area (Å²) < 4.78 is 11.1. The lowest BCUT2D eigenvalue weighted by Gasteiger charge is -2.50. The highest BCUT2D eigenvalue weighted by Crippen LogP contribution is 2.40. The lowest BCUT2D eigenvalue weighted by molar-refractivity contribution is -0.168. The molecule has 2 fully saturated rings. The maximum Gasteiger partial charge on any atom is 0.223 e. The van der Waals surface area contributed by atoms with Crippen molar-refractivity contribution in [2.24, 2.45) is 11.8 Å². The first-order chi connectivity index (χ1) is 8.07. The van der Waals surface area contributed by atoms with Gasteiger partial charge in [-0.25, -0.2) is 0 Å². The van der Waals surface area contributed by atoms with Crippen LogP contribution < -0.4 is 0 Å². The monoisotopic (exact) mass is 241 g/mol. The smallest absolute Gasteiger partial charge is 0.223 e. The van der Waals surface area contributed by atoms with E-state index in [9.17, 15) is 4.79 Å². The zero-order chi connectivity index (χ0) is 12.5. The van der Waals surface area contributed by atoms with Crippen LogP contribution in [0.2, 0.25) is 0 Å². The largest absolute Gasteiger partial charge is 0.384 e. The van der Waals surface area contributed by atoms with Crippen LogP contribution in [-0.4, -0.2) is 49.8 Å². The maximum absolute atomic E-state index is 11.9. The minimum absolute atomic E-state index is 0.0946. The second-order valence-corrected chi connectivity index (χ2v) is 5.70. The predicted octanol–water partition coefficient (Wildman–Crippen LogP) is 1.30. The molecule has 17 heavy (non-hydrogen) atoms. The standard InChI is InChI=1S/C13H23NO3/c1-10(2)6-12(15)14-8-13(9-14)11(7-16-3)4-5-17-13/h10-11H,4-9H2,1-3H3. The molecule has 0 N–H and O–H groups in total. The summed E-state index contributed by atoms with van der Waals surface area (Å²) >= 11 is 0. The van der Waals surface area contributed by atoms with Crippen molar-refractivity contribution < 1.29 is 14.3 Å². The third kappa shape index (κ3) is 2.47. The van der Waals surface area contributed by atoms with Crippen molar-refractivity contribution in [1.29, 1.82) is 0 Å². The van der Waals surface area contributed by atoms with Gasteiger partial charge in [0.05, 0.1) is 19.7 Å². The molecule has 0 aromatic carbocycles. The first kappa shape index (κ1) is 12.8. The van der Waals surface area contributed by atoms with Gasteiger partial charge in [-0.05, 0) is 12.3 Å².